The van der Waals surface area contributed by atoms with Crippen LogP contribution in [0.25, 0.3) is 0 Å². The molecule has 10 heteroatoms. The Kier molecular flexibility index (Phi) is 5.38. The van der Waals surface area contributed by atoms with Crippen LogP contribution in [0.1, 0.15) is 37.8 Å². The summed E-state index contributed by atoms with van der Waals surface area (Å²) in [6.07, 6.45) is 0.258. The summed E-state index contributed by atoms with van der Waals surface area (Å²) in [6.45, 7) is 4.77. The van der Waals surface area contributed by atoms with Gasteiger partial charge in [0.1, 0.15) is 33.9 Å². The molecule has 2 N–H and O–H groups in total. The second kappa shape index (κ2) is 7.33. The van der Waals surface area contributed by atoms with Crippen molar-refractivity contribution in [2.24, 2.45) is 5.41 Å². The van der Waals surface area contributed by atoms with Gasteiger partial charge in [0.25, 0.3) is 0 Å². The second-order valence-corrected chi connectivity index (χ2v) is 8.37. The van der Waals surface area contributed by atoms with Gasteiger partial charge in [0.2, 0.25) is 0 Å². The summed E-state index contributed by atoms with van der Waals surface area (Å²) < 4.78 is 14.8. The number of aryl methyl sites for hydroxylation is 1. The van der Waals surface area contributed by atoms with Crippen molar-refractivity contribution >= 4 is 41.2 Å². The highest BCUT2D eigenvalue weighted by atomic mass is 35.5. The zero-order valence-electron chi connectivity index (χ0n) is 15.6. The Morgan fingerprint density at radius 2 is 2.00 bits per heavy atom. The van der Waals surface area contributed by atoms with Crippen LogP contribution >= 0.6 is 23.2 Å². The van der Waals surface area contributed by atoms with Crippen molar-refractivity contribution in [1.29, 1.82) is 0 Å². The molecule has 0 saturated heterocycles. The van der Waals surface area contributed by atoms with Crippen molar-refractivity contribution in [2.45, 2.75) is 37.6 Å². The van der Waals surface area contributed by atoms with Gasteiger partial charge in [-0.3, -0.25) is 4.79 Å². The van der Waals surface area contributed by atoms with Crippen LogP contribution in [-0.4, -0.2) is 35.5 Å². The fourth-order valence-electron chi connectivity index (χ4n) is 2.92. The minimum Gasteiger partial charge on any atom is -0.464 e. The molecule has 1 aromatic heterocycles. The number of halogens is 2. The predicted octanol–water partition coefficient (Wildman–Crippen LogP) is 2.89. The smallest absolute Gasteiger partial charge is 0.338 e. The first-order chi connectivity index (χ1) is 13.1. The Balaban J connectivity index is 1.89. The Morgan fingerprint density at radius 1 is 1.32 bits per heavy atom. The van der Waals surface area contributed by atoms with Gasteiger partial charge in [0, 0.05) is 6.42 Å². The van der Waals surface area contributed by atoms with E-state index in [1.165, 1.54) is 0 Å². The number of rotatable bonds is 6. The third-order valence-corrected chi connectivity index (χ3v) is 5.85. The molecule has 0 radical (unpaired) electrons. The maximum Gasteiger partial charge on any atom is 0.338 e. The van der Waals surface area contributed by atoms with E-state index < -0.39 is 33.8 Å². The Morgan fingerprint density at radius 3 is 2.54 bits per heavy atom. The van der Waals surface area contributed by atoms with E-state index in [4.69, 9.17) is 37.1 Å². The molecule has 152 valence electrons. The maximum absolute atomic E-state index is 12.6. The van der Waals surface area contributed by atoms with Gasteiger partial charge in [-0.1, -0.05) is 0 Å². The zero-order valence-corrected chi connectivity index (χ0v) is 17.1. The molecule has 1 fully saturated rings. The molecule has 2 aliphatic rings. The lowest BCUT2D eigenvalue weighted by Crippen LogP contribution is -2.47. The Labute approximate surface area is 171 Å². The number of hydrogen-bond donors (Lipinski definition) is 2. The largest absolute Gasteiger partial charge is 0.464 e. The first-order valence-electron chi connectivity index (χ1n) is 8.68. The summed E-state index contributed by atoms with van der Waals surface area (Å²) in [4.78, 5) is 37.0. The standard InChI is InChI=1S/C18H20Cl2N2O6/c1-4-26-14(23)12-10(7-27-15(24)17(3)8-18(17,19)20)21-16(25)22-13(12)11-6-5-9(2)28-11/h5-6,13H,4,7-8H2,1-3H3,(H2,21,22,25)/t13-,17+/m1/s1. The number of carbonyl (C=O) groups is 3. The lowest BCUT2D eigenvalue weighted by atomic mass is 10.0. The van der Waals surface area contributed by atoms with Gasteiger partial charge < -0.3 is 24.5 Å². The van der Waals surface area contributed by atoms with Crippen molar-refractivity contribution in [3.05, 3.63) is 34.9 Å². The van der Waals surface area contributed by atoms with Gasteiger partial charge in [0.15, 0.2) is 0 Å². The van der Waals surface area contributed by atoms with E-state index in [0.29, 0.717) is 11.5 Å². The van der Waals surface area contributed by atoms with Crippen molar-refractivity contribution in [3.8, 4) is 0 Å². The van der Waals surface area contributed by atoms with E-state index in [9.17, 15) is 14.4 Å². The average Bonchev–Trinajstić information content (AvgIpc) is 2.92. The number of urea groups is 1. The van der Waals surface area contributed by atoms with E-state index in [-0.39, 0.29) is 30.9 Å². The van der Waals surface area contributed by atoms with Crippen LogP contribution in [0.2, 0.25) is 0 Å². The number of carbonyl (C=O) groups excluding carboxylic acids is 3. The highest BCUT2D eigenvalue weighted by Gasteiger charge is 2.69. The molecular weight excluding hydrogens is 411 g/mol. The molecule has 2 heterocycles. The average molecular weight is 431 g/mol. The van der Waals surface area contributed by atoms with Crippen molar-refractivity contribution in [1.82, 2.24) is 10.6 Å². The van der Waals surface area contributed by atoms with Crippen molar-refractivity contribution < 1.29 is 28.3 Å². The van der Waals surface area contributed by atoms with Gasteiger partial charge in [-0.15, -0.1) is 23.2 Å². The quantitative estimate of drug-likeness (QED) is 0.530. The van der Waals surface area contributed by atoms with E-state index in [2.05, 4.69) is 10.6 Å². The number of esters is 2. The Bertz CT molecular complexity index is 862. The molecule has 0 aromatic carbocycles. The summed E-state index contributed by atoms with van der Waals surface area (Å²) in [5.41, 5.74) is -0.837. The molecule has 8 nitrogen and oxygen atoms in total. The summed E-state index contributed by atoms with van der Waals surface area (Å²) in [5, 5.41) is 5.13. The van der Waals surface area contributed by atoms with Crippen LogP contribution in [0.15, 0.2) is 27.8 Å². The highest BCUT2D eigenvalue weighted by Crippen LogP contribution is 2.64. The summed E-state index contributed by atoms with van der Waals surface area (Å²) in [5.74, 6) is -0.316. The fraction of sp³-hybridized carbons (Fsp3) is 0.500. The van der Waals surface area contributed by atoms with Crippen molar-refractivity contribution in [2.75, 3.05) is 13.2 Å². The van der Waals surface area contributed by atoms with Gasteiger partial charge in [-0.05, 0) is 32.9 Å². The lowest BCUT2D eigenvalue weighted by Gasteiger charge is -2.28. The molecular formula is C18H20Cl2N2O6. The molecule has 1 aromatic rings. The molecule has 2 atom stereocenters. The zero-order chi connectivity index (χ0) is 20.7. The molecule has 0 bridgehead atoms. The first-order valence-corrected chi connectivity index (χ1v) is 9.43. The topological polar surface area (TPSA) is 107 Å². The van der Waals surface area contributed by atoms with E-state index >= 15 is 0 Å². The number of alkyl halides is 2. The normalized spacial score (nSPS) is 25.6. The van der Waals surface area contributed by atoms with Crippen LogP contribution in [0.4, 0.5) is 4.79 Å². The van der Waals surface area contributed by atoms with Gasteiger partial charge in [-0.2, -0.15) is 0 Å². The monoisotopic (exact) mass is 430 g/mol. The first kappa shape index (κ1) is 20.5. The number of ether oxygens (including phenoxy) is 2. The van der Waals surface area contributed by atoms with Gasteiger partial charge in [-0.25, -0.2) is 9.59 Å². The molecule has 1 aliphatic carbocycles. The third kappa shape index (κ3) is 3.71. The number of furan rings is 1. The van der Waals surface area contributed by atoms with Crippen molar-refractivity contribution in [3.63, 3.8) is 0 Å². The molecule has 2 amide bonds. The van der Waals surface area contributed by atoms with Crippen LogP contribution < -0.4 is 10.6 Å². The maximum atomic E-state index is 12.6. The molecule has 0 unspecified atom stereocenters. The lowest BCUT2D eigenvalue weighted by molar-refractivity contribution is -0.149. The Hall–Kier alpha value is -2.19. The second-order valence-electron chi connectivity index (χ2n) is 6.88. The minimum absolute atomic E-state index is 0.0903. The molecule has 1 aliphatic heterocycles. The number of hydrogen-bond acceptors (Lipinski definition) is 6. The molecule has 0 spiro atoms. The van der Waals surface area contributed by atoms with Gasteiger partial charge >= 0.3 is 18.0 Å². The van der Waals surface area contributed by atoms with Crippen LogP contribution in [0.5, 0.6) is 0 Å². The molecule has 1 saturated carbocycles. The van der Waals surface area contributed by atoms with E-state index in [0.717, 1.165) is 0 Å². The SMILES string of the molecule is CCOC(=O)C1=C(COC(=O)[C@]2(C)CC2(Cl)Cl)NC(=O)N[C@@H]1c1ccc(C)o1. The van der Waals surface area contributed by atoms with Gasteiger partial charge in [0.05, 0.1) is 17.9 Å². The molecule has 28 heavy (non-hydrogen) atoms. The third-order valence-electron chi connectivity index (χ3n) is 4.75. The van der Waals surface area contributed by atoms with Crippen LogP contribution in [0, 0.1) is 12.3 Å². The molecule has 3 rings (SSSR count). The minimum atomic E-state index is -1.19. The van der Waals surface area contributed by atoms with Crippen LogP contribution in [-0.2, 0) is 19.1 Å². The van der Waals surface area contributed by atoms with Crippen LogP contribution in [0.3, 0.4) is 0 Å². The predicted molar refractivity (Wildman–Crippen MR) is 99.6 cm³/mol. The number of amides is 2. The summed E-state index contributed by atoms with van der Waals surface area (Å²) in [6, 6.07) is 1.90. The van der Waals surface area contributed by atoms with E-state index in [1.54, 1.807) is 32.9 Å². The number of nitrogens with one attached hydrogen (secondary N) is 2. The highest BCUT2D eigenvalue weighted by molar-refractivity contribution is 6.53. The fourth-order valence-corrected chi connectivity index (χ4v) is 3.61. The van der Waals surface area contributed by atoms with E-state index in [1.807, 2.05) is 0 Å². The summed E-state index contributed by atoms with van der Waals surface area (Å²) in [7, 11) is 0. The summed E-state index contributed by atoms with van der Waals surface area (Å²) >= 11 is 12.0.